The molecule has 0 aliphatic heterocycles. The normalized spacial score (nSPS) is 12.0. The molecule has 0 fully saturated rings. The van der Waals surface area contributed by atoms with Crippen molar-refractivity contribution in [3.8, 4) is 0 Å². The van der Waals surface area contributed by atoms with Crippen molar-refractivity contribution in [3.05, 3.63) is 52.2 Å². The third-order valence-electron chi connectivity index (χ3n) is 4.07. The maximum atomic E-state index is 12.8. The van der Waals surface area contributed by atoms with Crippen LogP contribution in [-0.2, 0) is 10.0 Å². The second kappa shape index (κ2) is 6.22. The van der Waals surface area contributed by atoms with E-state index >= 15 is 0 Å². The molecule has 1 aromatic heterocycles. The first kappa shape index (κ1) is 18.1. The smallest absolute Gasteiger partial charge is 0.253 e. The van der Waals surface area contributed by atoms with E-state index in [2.05, 4.69) is 0 Å². The Labute approximate surface area is 150 Å². The molecule has 0 N–H and O–H groups in total. The van der Waals surface area contributed by atoms with Crippen LogP contribution in [0, 0.1) is 0 Å². The Morgan fingerprint density at radius 2 is 1.62 bits per heavy atom. The summed E-state index contributed by atoms with van der Waals surface area (Å²) >= 11 is 0. The number of carbonyl (C=O) groups is 1. The van der Waals surface area contributed by atoms with Crippen LogP contribution in [0.1, 0.15) is 10.4 Å². The summed E-state index contributed by atoms with van der Waals surface area (Å²) in [5.41, 5.74) is 0.527. The molecule has 0 aliphatic rings. The van der Waals surface area contributed by atoms with Gasteiger partial charge in [0.15, 0.2) is 0 Å². The number of amides is 1. The molecule has 7 nitrogen and oxygen atoms in total. The molecule has 26 heavy (non-hydrogen) atoms. The van der Waals surface area contributed by atoms with Crippen molar-refractivity contribution in [1.82, 2.24) is 9.21 Å². The minimum atomic E-state index is -3.64. The molecule has 8 heteroatoms. The summed E-state index contributed by atoms with van der Waals surface area (Å²) in [5.74, 6) is -0.223. The molecular formula is C18H18N2O5S. The van der Waals surface area contributed by atoms with Crippen molar-refractivity contribution in [3.63, 3.8) is 0 Å². The number of hydrogen-bond donors (Lipinski definition) is 0. The molecule has 136 valence electrons. The van der Waals surface area contributed by atoms with Gasteiger partial charge in [-0.1, -0.05) is 0 Å². The van der Waals surface area contributed by atoms with E-state index in [-0.39, 0.29) is 38.2 Å². The fraction of sp³-hybridized carbons (Fsp3) is 0.222. The topological polar surface area (TPSA) is 87.9 Å². The monoisotopic (exact) mass is 374 g/mol. The highest BCUT2D eigenvalue weighted by molar-refractivity contribution is 7.89. The highest BCUT2D eigenvalue weighted by atomic mass is 32.2. The Balaban J connectivity index is 2.27. The molecule has 3 aromatic rings. The average molecular weight is 374 g/mol. The summed E-state index contributed by atoms with van der Waals surface area (Å²) in [6.07, 6.45) is 0. The van der Waals surface area contributed by atoms with E-state index < -0.39 is 10.0 Å². The van der Waals surface area contributed by atoms with Crippen LogP contribution in [0.5, 0.6) is 0 Å². The molecule has 0 unspecified atom stereocenters. The Hall–Kier alpha value is -2.71. The summed E-state index contributed by atoms with van der Waals surface area (Å²) in [6, 6.07) is 8.74. The Kier molecular flexibility index (Phi) is 4.33. The van der Waals surface area contributed by atoms with Gasteiger partial charge in [0, 0.05) is 39.8 Å². The summed E-state index contributed by atoms with van der Waals surface area (Å²) in [6.45, 7) is 0. The van der Waals surface area contributed by atoms with Crippen LogP contribution in [-0.4, -0.2) is 51.7 Å². The molecule has 0 radical (unpaired) electrons. The second-order valence-electron chi connectivity index (χ2n) is 6.29. The van der Waals surface area contributed by atoms with Crippen LogP contribution in [0.25, 0.3) is 21.9 Å². The molecule has 0 bridgehead atoms. The predicted molar refractivity (Wildman–Crippen MR) is 98.9 cm³/mol. The van der Waals surface area contributed by atoms with Gasteiger partial charge < -0.3 is 9.32 Å². The number of benzene rings is 2. The standard InChI is InChI=1S/C18H18N2O5S/c1-19(2)18(22)11-5-8-15-14(9-11)17(21)13-7-6-12(10-16(13)25-15)26(23,24)20(3)4/h5-10H,1-4H3. The van der Waals surface area contributed by atoms with E-state index in [1.54, 1.807) is 26.2 Å². The van der Waals surface area contributed by atoms with Gasteiger partial charge in [0.2, 0.25) is 15.5 Å². The fourth-order valence-electron chi connectivity index (χ4n) is 2.60. The quantitative estimate of drug-likeness (QED) is 0.654. The average Bonchev–Trinajstić information content (AvgIpc) is 2.60. The lowest BCUT2D eigenvalue weighted by atomic mass is 10.1. The zero-order valence-corrected chi connectivity index (χ0v) is 15.6. The zero-order valence-electron chi connectivity index (χ0n) is 14.8. The van der Waals surface area contributed by atoms with Crippen molar-refractivity contribution in [2.24, 2.45) is 0 Å². The fourth-order valence-corrected chi connectivity index (χ4v) is 3.51. The van der Waals surface area contributed by atoms with E-state index in [1.807, 2.05) is 0 Å². The van der Waals surface area contributed by atoms with Gasteiger partial charge in [0.1, 0.15) is 11.2 Å². The molecule has 1 amide bonds. The van der Waals surface area contributed by atoms with Gasteiger partial charge in [0.05, 0.1) is 15.7 Å². The van der Waals surface area contributed by atoms with Crippen molar-refractivity contribution >= 4 is 37.9 Å². The summed E-state index contributed by atoms with van der Waals surface area (Å²) in [4.78, 5) is 26.3. The van der Waals surface area contributed by atoms with E-state index in [0.29, 0.717) is 5.56 Å². The second-order valence-corrected chi connectivity index (χ2v) is 8.44. The summed E-state index contributed by atoms with van der Waals surface area (Å²) in [5, 5.41) is 0.526. The summed E-state index contributed by atoms with van der Waals surface area (Å²) in [7, 11) is 2.47. The van der Waals surface area contributed by atoms with Crippen LogP contribution < -0.4 is 5.43 Å². The highest BCUT2D eigenvalue weighted by Gasteiger charge is 2.19. The number of rotatable bonds is 3. The van der Waals surface area contributed by atoms with Gasteiger partial charge >= 0.3 is 0 Å². The Morgan fingerprint density at radius 3 is 2.23 bits per heavy atom. The van der Waals surface area contributed by atoms with Gasteiger partial charge in [-0.15, -0.1) is 0 Å². The van der Waals surface area contributed by atoms with E-state index in [4.69, 9.17) is 4.42 Å². The lowest BCUT2D eigenvalue weighted by Gasteiger charge is -2.12. The number of nitrogens with zero attached hydrogens (tertiary/aromatic N) is 2. The van der Waals surface area contributed by atoms with Gasteiger partial charge in [0.25, 0.3) is 5.91 Å². The molecular weight excluding hydrogens is 356 g/mol. The van der Waals surface area contributed by atoms with Crippen LogP contribution in [0.2, 0.25) is 0 Å². The number of sulfonamides is 1. The summed E-state index contributed by atoms with van der Waals surface area (Å²) < 4.78 is 31.4. The van der Waals surface area contributed by atoms with Gasteiger partial charge in [-0.3, -0.25) is 9.59 Å². The minimum absolute atomic E-state index is 0.0388. The first-order chi connectivity index (χ1) is 12.1. The molecule has 0 saturated heterocycles. The first-order valence-corrected chi connectivity index (χ1v) is 9.22. The molecule has 2 aromatic carbocycles. The van der Waals surface area contributed by atoms with Crippen molar-refractivity contribution < 1.29 is 17.6 Å². The lowest BCUT2D eigenvalue weighted by molar-refractivity contribution is 0.0827. The van der Waals surface area contributed by atoms with Gasteiger partial charge in [-0.2, -0.15) is 0 Å². The Bertz CT molecular complexity index is 1190. The number of carbonyl (C=O) groups excluding carboxylic acids is 1. The van der Waals surface area contributed by atoms with Gasteiger partial charge in [-0.05, 0) is 30.3 Å². The van der Waals surface area contributed by atoms with Crippen LogP contribution in [0.4, 0.5) is 0 Å². The maximum absolute atomic E-state index is 12.8. The van der Waals surface area contributed by atoms with Crippen molar-refractivity contribution in [2.75, 3.05) is 28.2 Å². The highest BCUT2D eigenvalue weighted by Crippen LogP contribution is 2.23. The van der Waals surface area contributed by atoms with E-state index in [0.717, 1.165) is 4.31 Å². The predicted octanol–water partition coefficient (Wildman–Crippen LogP) is 1.90. The first-order valence-electron chi connectivity index (χ1n) is 7.78. The largest absolute Gasteiger partial charge is 0.456 e. The maximum Gasteiger partial charge on any atom is 0.253 e. The van der Waals surface area contributed by atoms with Crippen LogP contribution in [0.3, 0.4) is 0 Å². The molecule has 0 atom stereocenters. The molecule has 0 saturated carbocycles. The molecule has 1 heterocycles. The third kappa shape index (κ3) is 2.87. The third-order valence-corrected chi connectivity index (χ3v) is 5.88. The Morgan fingerprint density at radius 1 is 0.923 bits per heavy atom. The number of fused-ring (bicyclic) bond motifs is 2. The lowest BCUT2D eigenvalue weighted by Crippen LogP contribution is -2.22. The SMILES string of the molecule is CN(C)C(=O)c1ccc2oc3cc(S(=O)(=O)N(C)C)ccc3c(=O)c2c1. The molecule has 0 spiro atoms. The molecule has 3 rings (SSSR count). The van der Waals surface area contributed by atoms with E-state index in [9.17, 15) is 18.0 Å². The van der Waals surface area contributed by atoms with Crippen molar-refractivity contribution in [2.45, 2.75) is 4.90 Å². The van der Waals surface area contributed by atoms with Crippen molar-refractivity contribution in [1.29, 1.82) is 0 Å². The molecule has 0 aliphatic carbocycles. The van der Waals surface area contributed by atoms with E-state index in [1.165, 1.54) is 43.3 Å². The van der Waals surface area contributed by atoms with Gasteiger partial charge in [-0.25, -0.2) is 12.7 Å². The minimum Gasteiger partial charge on any atom is -0.456 e. The number of hydrogen-bond acceptors (Lipinski definition) is 5. The van der Waals surface area contributed by atoms with Crippen LogP contribution >= 0.6 is 0 Å². The van der Waals surface area contributed by atoms with Crippen LogP contribution in [0.15, 0.2) is 50.5 Å². The zero-order chi connectivity index (χ0) is 19.2.